The number of rotatable bonds is 6. The summed E-state index contributed by atoms with van der Waals surface area (Å²) < 4.78 is 13.6. The molecule has 0 aliphatic carbocycles. The Hall–Kier alpha value is -0.930. The fourth-order valence-electron chi connectivity index (χ4n) is 3.09. The van der Waals surface area contributed by atoms with Crippen LogP contribution >= 0.6 is 0 Å². The normalized spacial score (nSPS) is 19.7. The Morgan fingerprint density at radius 3 is 2.65 bits per heavy atom. The van der Waals surface area contributed by atoms with Crippen molar-refractivity contribution in [2.45, 2.75) is 40.2 Å². The molecule has 0 bridgehead atoms. The van der Waals surface area contributed by atoms with Gasteiger partial charge >= 0.3 is 0 Å². The molecule has 0 saturated carbocycles. The van der Waals surface area contributed by atoms with E-state index < -0.39 is 0 Å². The summed E-state index contributed by atoms with van der Waals surface area (Å²) in [5.41, 5.74) is 2.77. The van der Waals surface area contributed by atoms with Crippen molar-refractivity contribution in [2.75, 3.05) is 26.2 Å². The number of aryl methyl sites for hydroxylation is 2. The number of nitrogens with one attached hydrogen (secondary N) is 1. The van der Waals surface area contributed by atoms with Crippen molar-refractivity contribution < 1.29 is 4.39 Å². The van der Waals surface area contributed by atoms with E-state index in [0.717, 1.165) is 49.8 Å². The summed E-state index contributed by atoms with van der Waals surface area (Å²) in [7, 11) is 0. The molecule has 1 atom stereocenters. The van der Waals surface area contributed by atoms with Gasteiger partial charge in [0.25, 0.3) is 0 Å². The molecule has 0 aromatic heterocycles. The van der Waals surface area contributed by atoms with Gasteiger partial charge in [0.15, 0.2) is 0 Å². The summed E-state index contributed by atoms with van der Waals surface area (Å²) in [6.07, 6.45) is 2.47. The largest absolute Gasteiger partial charge is 0.316 e. The lowest BCUT2D eigenvalue weighted by molar-refractivity contribution is 0.314. The van der Waals surface area contributed by atoms with Crippen LogP contribution in [0.25, 0.3) is 0 Å². The van der Waals surface area contributed by atoms with Crippen molar-refractivity contribution in [3.05, 3.63) is 34.6 Å². The SMILES string of the molecule is CCCNCC1CCN(Cc2cc(C)c(F)c(C)c2)C1. The number of hydrogen-bond acceptors (Lipinski definition) is 2. The van der Waals surface area contributed by atoms with Crippen LogP contribution in [-0.4, -0.2) is 31.1 Å². The average molecular weight is 278 g/mol. The van der Waals surface area contributed by atoms with E-state index in [9.17, 15) is 4.39 Å². The Morgan fingerprint density at radius 2 is 2.00 bits per heavy atom. The highest BCUT2D eigenvalue weighted by Crippen LogP contribution is 2.20. The topological polar surface area (TPSA) is 15.3 Å². The highest BCUT2D eigenvalue weighted by molar-refractivity contribution is 5.30. The minimum absolute atomic E-state index is 0.0585. The molecule has 1 saturated heterocycles. The first-order valence-electron chi connectivity index (χ1n) is 7.78. The molecule has 112 valence electrons. The molecule has 20 heavy (non-hydrogen) atoms. The molecule has 1 aliphatic heterocycles. The van der Waals surface area contributed by atoms with Gasteiger partial charge in [0, 0.05) is 13.1 Å². The fourth-order valence-corrected chi connectivity index (χ4v) is 3.09. The predicted molar refractivity (Wildman–Crippen MR) is 82.4 cm³/mol. The maximum atomic E-state index is 13.6. The van der Waals surface area contributed by atoms with E-state index in [2.05, 4.69) is 17.1 Å². The Balaban J connectivity index is 1.86. The van der Waals surface area contributed by atoms with E-state index in [0.29, 0.717) is 0 Å². The van der Waals surface area contributed by atoms with E-state index >= 15 is 0 Å². The number of benzene rings is 1. The summed E-state index contributed by atoms with van der Waals surface area (Å²) in [4.78, 5) is 2.49. The van der Waals surface area contributed by atoms with Crippen LogP contribution in [-0.2, 0) is 6.54 Å². The van der Waals surface area contributed by atoms with E-state index in [1.54, 1.807) is 0 Å². The molecule has 1 aliphatic rings. The van der Waals surface area contributed by atoms with Gasteiger partial charge in [0.05, 0.1) is 0 Å². The second-order valence-corrected chi connectivity index (χ2v) is 6.14. The first-order chi connectivity index (χ1) is 9.60. The Bertz CT molecular complexity index is 422. The van der Waals surface area contributed by atoms with Crippen LogP contribution in [0.15, 0.2) is 12.1 Å². The van der Waals surface area contributed by atoms with Crippen molar-refractivity contribution in [1.29, 1.82) is 0 Å². The van der Waals surface area contributed by atoms with Crippen LogP contribution in [0.5, 0.6) is 0 Å². The third-order valence-corrected chi connectivity index (χ3v) is 4.13. The fraction of sp³-hybridized carbons (Fsp3) is 0.647. The first-order valence-corrected chi connectivity index (χ1v) is 7.78. The van der Waals surface area contributed by atoms with Crippen molar-refractivity contribution in [3.8, 4) is 0 Å². The van der Waals surface area contributed by atoms with Gasteiger partial charge in [-0.1, -0.05) is 19.1 Å². The van der Waals surface area contributed by atoms with Gasteiger partial charge in [0.1, 0.15) is 5.82 Å². The number of halogens is 1. The van der Waals surface area contributed by atoms with Crippen molar-refractivity contribution in [1.82, 2.24) is 10.2 Å². The van der Waals surface area contributed by atoms with E-state index in [4.69, 9.17) is 0 Å². The van der Waals surface area contributed by atoms with Crippen LogP contribution in [0, 0.1) is 25.6 Å². The minimum atomic E-state index is -0.0585. The second-order valence-electron chi connectivity index (χ2n) is 6.14. The Labute approximate surface area is 122 Å². The summed E-state index contributed by atoms with van der Waals surface area (Å²) in [5.74, 6) is 0.709. The van der Waals surface area contributed by atoms with Gasteiger partial charge in [-0.15, -0.1) is 0 Å². The molecule has 0 amide bonds. The van der Waals surface area contributed by atoms with Crippen LogP contribution in [0.1, 0.15) is 36.5 Å². The lowest BCUT2D eigenvalue weighted by Gasteiger charge is -2.17. The van der Waals surface area contributed by atoms with E-state index in [-0.39, 0.29) is 5.82 Å². The highest BCUT2D eigenvalue weighted by atomic mass is 19.1. The first kappa shape index (κ1) is 15.5. The summed E-state index contributed by atoms with van der Waals surface area (Å²) in [5, 5.41) is 3.51. The molecule has 2 rings (SSSR count). The summed E-state index contributed by atoms with van der Waals surface area (Å²) >= 11 is 0. The third-order valence-electron chi connectivity index (χ3n) is 4.13. The monoisotopic (exact) mass is 278 g/mol. The van der Waals surface area contributed by atoms with Gasteiger partial charge in [-0.2, -0.15) is 0 Å². The lowest BCUT2D eigenvalue weighted by Crippen LogP contribution is -2.26. The van der Waals surface area contributed by atoms with Crippen LogP contribution < -0.4 is 5.32 Å². The predicted octanol–water partition coefficient (Wildman–Crippen LogP) is 3.26. The minimum Gasteiger partial charge on any atom is -0.316 e. The Morgan fingerprint density at radius 1 is 1.30 bits per heavy atom. The number of likely N-dealkylation sites (tertiary alicyclic amines) is 1. The third kappa shape index (κ3) is 4.03. The molecule has 1 N–H and O–H groups in total. The van der Waals surface area contributed by atoms with Gasteiger partial charge < -0.3 is 5.32 Å². The van der Waals surface area contributed by atoms with Crippen molar-refractivity contribution in [3.63, 3.8) is 0 Å². The molecule has 1 aromatic carbocycles. The summed E-state index contributed by atoms with van der Waals surface area (Å²) in [6.45, 7) is 11.4. The van der Waals surface area contributed by atoms with Crippen molar-refractivity contribution in [2.24, 2.45) is 5.92 Å². The highest BCUT2D eigenvalue weighted by Gasteiger charge is 2.22. The van der Waals surface area contributed by atoms with E-state index in [1.807, 2.05) is 26.0 Å². The van der Waals surface area contributed by atoms with Crippen LogP contribution in [0.4, 0.5) is 4.39 Å². The molecular weight excluding hydrogens is 251 g/mol. The molecule has 3 heteroatoms. The van der Waals surface area contributed by atoms with Crippen LogP contribution in [0.2, 0.25) is 0 Å². The average Bonchev–Trinajstić information content (AvgIpc) is 2.84. The van der Waals surface area contributed by atoms with E-state index in [1.165, 1.54) is 18.4 Å². The molecule has 1 fully saturated rings. The maximum Gasteiger partial charge on any atom is 0.129 e. The molecule has 1 aromatic rings. The number of nitrogens with zero attached hydrogens (tertiary/aromatic N) is 1. The lowest BCUT2D eigenvalue weighted by atomic mass is 10.1. The zero-order valence-corrected chi connectivity index (χ0v) is 13.0. The van der Waals surface area contributed by atoms with Gasteiger partial charge in [0.2, 0.25) is 0 Å². The Kier molecular flexibility index (Phi) is 5.55. The summed E-state index contributed by atoms with van der Waals surface area (Å²) in [6, 6.07) is 3.98. The maximum absolute atomic E-state index is 13.6. The second kappa shape index (κ2) is 7.19. The molecular formula is C17H27FN2. The smallest absolute Gasteiger partial charge is 0.129 e. The van der Waals surface area contributed by atoms with Crippen molar-refractivity contribution >= 4 is 0 Å². The zero-order valence-electron chi connectivity index (χ0n) is 13.0. The standard InChI is InChI=1S/C17H27FN2/c1-4-6-19-10-15-5-7-20(11-15)12-16-8-13(2)17(18)14(3)9-16/h8-9,15,19H,4-7,10-12H2,1-3H3. The van der Waals surface area contributed by atoms with Gasteiger partial charge in [-0.05, 0) is 68.9 Å². The quantitative estimate of drug-likeness (QED) is 0.804. The molecule has 1 unspecified atom stereocenters. The van der Waals surface area contributed by atoms with Gasteiger partial charge in [-0.25, -0.2) is 4.39 Å². The molecule has 2 nitrogen and oxygen atoms in total. The number of hydrogen-bond donors (Lipinski definition) is 1. The zero-order chi connectivity index (χ0) is 14.5. The molecule has 0 radical (unpaired) electrons. The molecule has 0 spiro atoms. The van der Waals surface area contributed by atoms with Gasteiger partial charge in [-0.3, -0.25) is 4.90 Å². The van der Waals surface area contributed by atoms with Crippen LogP contribution in [0.3, 0.4) is 0 Å². The molecule has 1 heterocycles.